The molecule has 0 aliphatic carbocycles. The number of nitrogens with two attached hydrogens (primary N) is 1. The Morgan fingerprint density at radius 1 is 1.36 bits per heavy atom. The van der Waals surface area contributed by atoms with Crippen molar-refractivity contribution in [3.05, 3.63) is 30.0 Å². The number of nitrogens with zero attached hydrogens (tertiary/aromatic N) is 1. The standard InChI is InChI=1S/C10H8N2O2/c11-8-1-2-12-9-3-6-5-13-14-10(6)4-7(8)9/h1-4H,5H2,(H2,11,12). The molecule has 2 heterocycles. The summed E-state index contributed by atoms with van der Waals surface area (Å²) < 4.78 is 0. The Hall–Kier alpha value is -1.81. The number of anilines is 1. The van der Waals surface area contributed by atoms with Crippen LogP contribution in [0.1, 0.15) is 5.56 Å². The number of nitrogen functional groups attached to an aromatic ring is 1. The van der Waals surface area contributed by atoms with E-state index in [1.54, 1.807) is 12.3 Å². The summed E-state index contributed by atoms with van der Waals surface area (Å²) in [5.41, 5.74) is 8.40. The zero-order valence-electron chi connectivity index (χ0n) is 7.36. The van der Waals surface area contributed by atoms with Crippen LogP contribution < -0.4 is 10.6 Å². The van der Waals surface area contributed by atoms with Gasteiger partial charge in [0, 0.05) is 22.8 Å². The van der Waals surface area contributed by atoms with E-state index < -0.39 is 0 Å². The Morgan fingerprint density at radius 3 is 3.21 bits per heavy atom. The summed E-state index contributed by atoms with van der Waals surface area (Å²) in [7, 11) is 0. The first-order valence-electron chi connectivity index (χ1n) is 4.31. The summed E-state index contributed by atoms with van der Waals surface area (Å²) in [6, 6.07) is 5.57. The third-order valence-electron chi connectivity index (χ3n) is 2.32. The first-order valence-corrected chi connectivity index (χ1v) is 4.31. The lowest BCUT2D eigenvalue weighted by Gasteiger charge is -2.02. The monoisotopic (exact) mass is 188 g/mol. The topological polar surface area (TPSA) is 57.4 Å². The zero-order valence-corrected chi connectivity index (χ0v) is 7.36. The van der Waals surface area contributed by atoms with Crippen molar-refractivity contribution in [2.75, 3.05) is 5.73 Å². The van der Waals surface area contributed by atoms with Gasteiger partial charge >= 0.3 is 0 Å². The normalized spacial score (nSPS) is 14.0. The number of hydrogen-bond donors (Lipinski definition) is 1. The molecule has 0 unspecified atom stereocenters. The largest absolute Gasteiger partial charge is 0.398 e. The molecule has 0 fully saturated rings. The molecule has 14 heavy (non-hydrogen) atoms. The van der Waals surface area contributed by atoms with E-state index in [9.17, 15) is 0 Å². The number of aromatic nitrogens is 1. The smallest absolute Gasteiger partial charge is 0.171 e. The average molecular weight is 188 g/mol. The van der Waals surface area contributed by atoms with E-state index in [4.69, 9.17) is 15.5 Å². The molecular weight excluding hydrogens is 180 g/mol. The summed E-state index contributed by atoms with van der Waals surface area (Å²) in [6.07, 6.45) is 1.70. The quantitative estimate of drug-likeness (QED) is 0.638. The van der Waals surface area contributed by atoms with Gasteiger partial charge in [0.05, 0.1) is 5.52 Å². The van der Waals surface area contributed by atoms with Crippen molar-refractivity contribution in [3.8, 4) is 5.75 Å². The minimum atomic E-state index is 0.474. The predicted molar refractivity (Wildman–Crippen MR) is 51.6 cm³/mol. The molecule has 4 heteroatoms. The average Bonchev–Trinajstić information content (AvgIpc) is 2.62. The molecule has 0 amide bonds. The molecular formula is C10H8N2O2. The second kappa shape index (κ2) is 2.59. The Kier molecular flexibility index (Phi) is 1.40. The maximum absolute atomic E-state index is 5.81. The minimum absolute atomic E-state index is 0.474. The first kappa shape index (κ1) is 7.58. The van der Waals surface area contributed by atoms with Gasteiger partial charge in [0.1, 0.15) is 6.61 Å². The van der Waals surface area contributed by atoms with Gasteiger partial charge < -0.3 is 10.6 Å². The van der Waals surface area contributed by atoms with Gasteiger partial charge in [-0.15, -0.1) is 0 Å². The predicted octanol–water partition coefficient (Wildman–Crippen LogP) is 1.64. The molecule has 3 rings (SSSR count). The first-order chi connectivity index (χ1) is 6.84. The van der Waals surface area contributed by atoms with Crippen LogP contribution in [-0.4, -0.2) is 4.98 Å². The Bertz CT molecular complexity index is 511. The van der Waals surface area contributed by atoms with Crippen molar-refractivity contribution in [2.24, 2.45) is 0 Å². The van der Waals surface area contributed by atoms with Gasteiger partial charge in [0.15, 0.2) is 5.75 Å². The van der Waals surface area contributed by atoms with Crippen LogP contribution in [0.4, 0.5) is 5.69 Å². The van der Waals surface area contributed by atoms with Crippen molar-refractivity contribution < 1.29 is 9.78 Å². The highest BCUT2D eigenvalue weighted by atomic mass is 17.2. The van der Waals surface area contributed by atoms with Crippen LogP contribution in [0.15, 0.2) is 24.4 Å². The van der Waals surface area contributed by atoms with Gasteiger partial charge in [-0.2, -0.15) is 4.89 Å². The van der Waals surface area contributed by atoms with Crippen molar-refractivity contribution >= 4 is 16.6 Å². The van der Waals surface area contributed by atoms with E-state index in [1.165, 1.54) is 0 Å². The number of pyridine rings is 1. The summed E-state index contributed by atoms with van der Waals surface area (Å²) in [5.74, 6) is 0.734. The molecule has 0 saturated carbocycles. The zero-order chi connectivity index (χ0) is 9.54. The van der Waals surface area contributed by atoms with E-state index in [0.717, 1.165) is 22.2 Å². The lowest BCUT2D eigenvalue weighted by atomic mass is 10.1. The van der Waals surface area contributed by atoms with E-state index in [0.29, 0.717) is 12.3 Å². The second-order valence-electron chi connectivity index (χ2n) is 3.22. The van der Waals surface area contributed by atoms with Crippen molar-refractivity contribution in [1.82, 2.24) is 4.98 Å². The molecule has 0 radical (unpaired) electrons. The maximum Gasteiger partial charge on any atom is 0.171 e. The molecule has 70 valence electrons. The van der Waals surface area contributed by atoms with Gasteiger partial charge in [-0.05, 0) is 18.2 Å². The number of benzene rings is 1. The molecule has 1 aliphatic rings. The number of hydrogen-bond acceptors (Lipinski definition) is 4. The van der Waals surface area contributed by atoms with E-state index in [1.807, 2.05) is 12.1 Å². The number of fused-ring (bicyclic) bond motifs is 2. The van der Waals surface area contributed by atoms with E-state index >= 15 is 0 Å². The van der Waals surface area contributed by atoms with Crippen LogP contribution in [-0.2, 0) is 11.5 Å². The Labute approximate surface area is 80.2 Å². The Morgan fingerprint density at radius 2 is 2.29 bits per heavy atom. The highest BCUT2D eigenvalue weighted by molar-refractivity contribution is 5.91. The van der Waals surface area contributed by atoms with Gasteiger partial charge in [0.2, 0.25) is 0 Å². The van der Waals surface area contributed by atoms with Crippen molar-refractivity contribution in [1.29, 1.82) is 0 Å². The Balaban J connectivity index is 2.39. The molecule has 1 aliphatic heterocycles. The van der Waals surface area contributed by atoms with Crippen LogP contribution in [0.3, 0.4) is 0 Å². The second-order valence-corrected chi connectivity index (χ2v) is 3.22. The van der Waals surface area contributed by atoms with Crippen LogP contribution in [0, 0.1) is 0 Å². The van der Waals surface area contributed by atoms with Crippen molar-refractivity contribution in [2.45, 2.75) is 6.61 Å². The fraction of sp³-hybridized carbons (Fsp3) is 0.100. The number of rotatable bonds is 0. The van der Waals surface area contributed by atoms with E-state index in [2.05, 4.69) is 4.98 Å². The molecule has 1 aromatic heterocycles. The summed E-state index contributed by atoms with van der Waals surface area (Å²) in [5, 5.41) is 0.900. The molecule has 1 aromatic carbocycles. The fourth-order valence-electron chi connectivity index (χ4n) is 1.58. The fourth-order valence-corrected chi connectivity index (χ4v) is 1.58. The van der Waals surface area contributed by atoms with Gasteiger partial charge in [-0.1, -0.05) is 0 Å². The summed E-state index contributed by atoms with van der Waals surface area (Å²) >= 11 is 0. The third kappa shape index (κ3) is 0.944. The van der Waals surface area contributed by atoms with Crippen LogP contribution >= 0.6 is 0 Å². The molecule has 0 atom stereocenters. The van der Waals surface area contributed by atoms with Crippen LogP contribution in [0.5, 0.6) is 5.75 Å². The molecule has 0 spiro atoms. The third-order valence-corrected chi connectivity index (χ3v) is 2.32. The highest BCUT2D eigenvalue weighted by Crippen LogP contribution is 2.32. The summed E-state index contributed by atoms with van der Waals surface area (Å²) in [6.45, 7) is 0.474. The maximum atomic E-state index is 5.81. The molecule has 0 saturated heterocycles. The van der Waals surface area contributed by atoms with Gasteiger partial charge in [0.25, 0.3) is 0 Å². The lowest BCUT2D eigenvalue weighted by Crippen LogP contribution is -1.89. The SMILES string of the molecule is Nc1ccnc2cc3c(cc12)OOC3. The van der Waals surface area contributed by atoms with E-state index in [-0.39, 0.29) is 0 Å². The lowest BCUT2D eigenvalue weighted by molar-refractivity contribution is -0.194. The molecule has 4 nitrogen and oxygen atoms in total. The minimum Gasteiger partial charge on any atom is -0.398 e. The van der Waals surface area contributed by atoms with Crippen LogP contribution in [0.25, 0.3) is 10.9 Å². The molecule has 2 aromatic rings. The van der Waals surface area contributed by atoms with Gasteiger partial charge in [-0.3, -0.25) is 4.98 Å². The van der Waals surface area contributed by atoms with Crippen LogP contribution in [0.2, 0.25) is 0 Å². The molecule has 2 N–H and O–H groups in total. The highest BCUT2D eigenvalue weighted by Gasteiger charge is 2.15. The molecule has 0 bridgehead atoms. The van der Waals surface area contributed by atoms with Gasteiger partial charge in [-0.25, -0.2) is 0 Å². The summed E-state index contributed by atoms with van der Waals surface area (Å²) in [4.78, 5) is 14.1. The van der Waals surface area contributed by atoms with Crippen molar-refractivity contribution in [3.63, 3.8) is 0 Å².